The van der Waals surface area contributed by atoms with Crippen LogP contribution in [0.1, 0.15) is 38.2 Å². The number of aromatic nitrogens is 4. The molecule has 1 aliphatic heterocycles. The van der Waals surface area contributed by atoms with E-state index in [4.69, 9.17) is 0 Å². The number of hydrogen-bond acceptors (Lipinski definition) is 4. The van der Waals surface area contributed by atoms with Crippen LogP contribution in [0.3, 0.4) is 0 Å². The third kappa shape index (κ3) is 2.62. The van der Waals surface area contributed by atoms with Gasteiger partial charge in [0.05, 0.1) is 0 Å². The second-order valence-corrected chi connectivity index (χ2v) is 6.08. The van der Waals surface area contributed by atoms with Crippen molar-refractivity contribution < 1.29 is 13.2 Å². The Labute approximate surface area is 126 Å². The Morgan fingerprint density at radius 2 is 1.91 bits per heavy atom. The van der Waals surface area contributed by atoms with E-state index in [0.717, 1.165) is 19.4 Å². The molecule has 5 nitrogen and oxygen atoms in total. The molecule has 8 heteroatoms. The van der Waals surface area contributed by atoms with Gasteiger partial charge >= 0.3 is 6.18 Å². The van der Waals surface area contributed by atoms with E-state index in [9.17, 15) is 13.2 Å². The number of aryl methyl sites for hydroxylation is 1. The number of rotatable bonds is 1. The SMILES string of the molecule is Cc1cc(N2CC(C)CCC2C)n2nc(C(F)(F)F)nc2n1. The number of halogens is 3. The van der Waals surface area contributed by atoms with E-state index in [0.29, 0.717) is 17.4 Å². The first kappa shape index (κ1) is 15.1. The number of piperidine rings is 1. The minimum Gasteiger partial charge on any atom is -0.353 e. The van der Waals surface area contributed by atoms with E-state index < -0.39 is 12.0 Å². The Hall–Kier alpha value is -1.86. The molecule has 2 aromatic heterocycles. The van der Waals surface area contributed by atoms with E-state index in [1.165, 1.54) is 4.52 Å². The summed E-state index contributed by atoms with van der Waals surface area (Å²) in [5.41, 5.74) is 0.633. The van der Waals surface area contributed by atoms with Crippen LogP contribution < -0.4 is 4.90 Å². The van der Waals surface area contributed by atoms with Gasteiger partial charge in [0.2, 0.25) is 0 Å². The van der Waals surface area contributed by atoms with Gasteiger partial charge in [0.1, 0.15) is 5.82 Å². The zero-order valence-electron chi connectivity index (χ0n) is 12.7. The first-order chi connectivity index (χ1) is 10.3. The Morgan fingerprint density at radius 3 is 2.59 bits per heavy atom. The lowest BCUT2D eigenvalue weighted by Gasteiger charge is -2.38. The summed E-state index contributed by atoms with van der Waals surface area (Å²) in [6.07, 6.45) is -2.44. The van der Waals surface area contributed by atoms with Crippen LogP contribution in [0.25, 0.3) is 5.78 Å². The average Bonchev–Trinajstić information content (AvgIpc) is 2.84. The van der Waals surface area contributed by atoms with E-state index in [1.807, 2.05) is 0 Å². The number of nitrogens with zero attached hydrogens (tertiary/aromatic N) is 5. The van der Waals surface area contributed by atoms with Gasteiger partial charge in [0, 0.05) is 24.3 Å². The molecule has 0 aliphatic carbocycles. The van der Waals surface area contributed by atoms with Crippen LogP contribution in [0.15, 0.2) is 6.07 Å². The van der Waals surface area contributed by atoms with Gasteiger partial charge in [0.15, 0.2) is 0 Å². The molecule has 3 rings (SSSR count). The fraction of sp³-hybridized carbons (Fsp3) is 0.643. The highest BCUT2D eigenvalue weighted by Gasteiger charge is 2.37. The molecule has 1 saturated heterocycles. The molecule has 0 N–H and O–H groups in total. The molecule has 1 aliphatic rings. The molecule has 22 heavy (non-hydrogen) atoms. The fourth-order valence-corrected chi connectivity index (χ4v) is 2.90. The van der Waals surface area contributed by atoms with Gasteiger partial charge < -0.3 is 4.90 Å². The first-order valence-electron chi connectivity index (χ1n) is 7.34. The highest BCUT2D eigenvalue weighted by atomic mass is 19.4. The standard InChI is InChI=1S/C14H18F3N5/c1-8-4-5-10(3)21(7-8)11-6-9(2)18-13-19-12(14(15,16)17)20-22(11)13/h6,8,10H,4-5,7H2,1-3H3. The minimum atomic E-state index is -4.57. The molecular formula is C14H18F3N5. The Bertz CT molecular complexity index is 694. The summed E-state index contributed by atoms with van der Waals surface area (Å²) in [6, 6.07) is 2.02. The summed E-state index contributed by atoms with van der Waals surface area (Å²) in [6.45, 7) is 6.77. The monoisotopic (exact) mass is 313 g/mol. The van der Waals surface area contributed by atoms with Gasteiger partial charge in [-0.25, -0.2) is 4.98 Å². The molecule has 1 fully saturated rings. The van der Waals surface area contributed by atoms with Crippen LogP contribution in [0.5, 0.6) is 0 Å². The van der Waals surface area contributed by atoms with E-state index in [-0.39, 0.29) is 11.8 Å². The summed E-state index contributed by atoms with van der Waals surface area (Å²) < 4.78 is 39.8. The van der Waals surface area contributed by atoms with Crippen LogP contribution >= 0.6 is 0 Å². The lowest BCUT2D eigenvalue weighted by molar-refractivity contribution is -0.144. The fourth-order valence-electron chi connectivity index (χ4n) is 2.90. The molecule has 0 amide bonds. The molecule has 0 bridgehead atoms. The average molecular weight is 313 g/mol. The van der Waals surface area contributed by atoms with Gasteiger partial charge in [-0.1, -0.05) is 6.92 Å². The lowest BCUT2D eigenvalue weighted by atomic mass is 9.95. The second kappa shape index (κ2) is 5.10. The summed E-state index contributed by atoms with van der Waals surface area (Å²) in [5.74, 6) is -0.0350. The second-order valence-electron chi connectivity index (χ2n) is 6.08. The van der Waals surface area contributed by atoms with Crippen molar-refractivity contribution in [2.24, 2.45) is 5.92 Å². The highest BCUT2D eigenvalue weighted by Crippen LogP contribution is 2.30. The topological polar surface area (TPSA) is 46.3 Å². The minimum absolute atomic E-state index is 0.00671. The molecule has 0 aromatic carbocycles. The Kier molecular flexibility index (Phi) is 3.49. The largest absolute Gasteiger partial charge is 0.453 e. The van der Waals surface area contributed by atoms with Crippen LogP contribution in [0.2, 0.25) is 0 Å². The van der Waals surface area contributed by atoms with Gasteiger partial charge in [-0.05, 0) is 32.6 Å². The van der Waals surface area contributed by atoms with Crippen LogP contribution in [0, 0.1) is 12.8 Å². The van der Waals surface area contributed by atoms with Crippen molar-refractivity contribution in [1.82, 2.24) is 19.6 Å². The maximum Gasteiger partial charge on any atom is 0.453 e. The first-order valence-corrected chi connectivity index (χ1v) is 7.34. The van der Waals surface area contributed by atoms with Crippen molar-refractivity contribution in [3.05, 3.63) is 17.6 Å². The molecule has 3 heterocycles. The lowest BCUT2D eigenvalue weighted by Crippen LogP contribution is -2.42. The van der Waals surface area contributed by atoms with E-state index in [2.05, 4.69) is 33.8 Å². The third-order valence-corrected chi connectivity index (χ3v) is 4.09. The van der Waals surface area contributed by atoms with Crippen molar-refractivity contribution in [2.75, 3.05) is 11.4 Å². The number of fused-ring (bicyclic) bond motifs is 1. The zero-order valence-corrected chi connectivity index (χ0v) is 12.7. The molecule has 120 valence electrons. The molecular weight excluding hydrogens is 295 g/mol. The van der Waals surface area contributed by atoms with Crippen molar-refractivity contribution in [2.45, 2.75) is 45.8 Å². The summed E-state index contributed by atoms with van der Waals surface area (Å²) >= 11 is 0. The zero-order chi connectivity index (χ0) is 16.1. The quantitative estimate of drug-likeness (QED) is 0.812. The van der Waals surface area contributed by atoms with Crippen molar-refractivity contribution in [1.29, 1.82) is 0 Å². The number of anilines is 1. The van der Waals surface area contributed by atoms with Crippen LogP contribution in [-0.2, 0) is 6.18 Å². The maximum absolute atomic E-state index is 12.9. The van der Waals surface area contributed by atoms with Gasteiger partial charge in [-0.15, -0.1) is 5.10 Å². The van der Waals surface area contributed by atoms with Crippen molar-refractivity contribution in [3.63, 3.8) is 0 Å². The van der Waals surface area contributed by atoms with E-state index in [1.54, 1.807) is 13.0 Å². The molecule has 2 unspecified atom stereocenters. The summed E-state index contributed by atoms with van der Waals surface area (Å²) in [5, 5.41) is 3.64. The predicted molar refractivity (Wildman–Crippen MR) is 75.7 cm³/mol. The normalized spacial score (nSPS) is 23.3. The summed E-state index contributed by atoms with van der Waals surface area (Å²) in [7, 11) is 0. The molecule has 0 saturated carbocycles. The number of hydrogen-bond donors (Lipinski definition) is 0. The van der Waals surface area contributed by atoms with Gasteiger partial charge in [-0.2, -0.15) is 22.7 Å². The third-order valence-electron chi connectivity index (χ3n) is 4.09. The Balaban J connectivity index is 2.13. The smallest absolute Gasteiger partial charge is 0.353 e. The van der Waals surface area contributed by atoms with E-state index >= 15 is 0 Å². The van der Waals surface area contributed by atoms with Crippen molar-refractivity contribution >= 4 is 11.6 Å². The van der Waals surface area contributed by atoms with Crippen molar-refractivity contribution in [3.8, 4) is 0 Å². The Morgan fingerprint density at radius 1 is 1.18 bits per heavy atom. The molecule has 0 spiro atoms. The van der Waals surface area contributed by atoms with Crippen LogP contribution in [0.4, 0.5) is 19.0 Å². The van der Waals surface area contributed by atoms with Crippen LogP contribution in [-0.4, -0.2) is 32.2 Å². The molecule has 2 atom stereocenters. The maximum atomic E-state index is 12.9. The van der Waals surface area contributed by atoms with Gasteiger partial charge in [0.25, 0.3) is 11.6 Å². The number of alkyl halides is 3. The molecule has 0 radical (unpaired) electrons. The van der Waals surface area contributed by atoms with Gasteiger partial charge in [-0.3, -0.25) is 0 Å². The molecule has 2 aromatic rings. The summed E-state index contributed by atoms with van der Waals surface area (Å²) in [4.78, 5) is 9.71. The highest BCUT2D eigenvalue weighted by molar-refractivity contribution is 5.49. The predicted octanol–water partition coefficient (Wildman–Crippen LogP) is 3.08.